The van der Waals surface area contributed by atoms with Crippen molar-refractivity contribution in [2.45, 2.75) is 25.4 Å². The van der Waals surface area contributed by atoms with Crippen molar-refractivity contribution in [3.8, 4) is 0 Å². The van der Waals surface area contributed by atoms with Crippen molar-refractivity contribution >= 4 is 22.9 Å². The van der Waals surface area contributed by atoms with Crippen LogP contribution >= 0.6 is 22.9 Å². The normalized spacial score (nSPS) is 24.0. The number of thiazole rings is 1. The molecule has 0 spiro atoms. The van der Waals surface area contributed by atoms with E-state index in [2.05, 4.69) is 9.88 Å². The molecule has 3 nitrogen and oxygen atoms in total. The van der Waals surface area contributed by atoms with Crippen LogP contribution in [0.2, 0.25) is 4.34 Å². The number of rotatable bonds is 2. The van der Waals surface area contributed by atoms with Crippen LogP contribution in [-0.2, 0) is 6.54 Å². The largest absolute Gasteiger partial charge is 0.327 e. The number of hydrogen-bond donors (Lipinski definition) is 1. The molecule has 2 rings (SSSR count). The second-order valence-corrected chi connectivity index (χ2v) is 5.44. The average molecular weight is 232 g/mol. The highest BCUT2D eigenvalue weighted by atomic mass is 35.5. The number of likely N-dealkylation sites (tertiary alicyclic amines) is 1. The first-order valence-electron chi connectivity index (χ1n) is 4.82. The van der Waals surface area contributed by atoms with Gasteiger partial charge < -0.3 is 5.73 Å². The first-order valence-corrected chi connectivity index (χ1v) is 6.01. The molecular formula is C9H14ClN3S. The number of hydrogen-bond acceptors (Lipinski definition) is 4. The molecule has 0 aromatic carbocycles. The van der Waals surface area contributed by atoms with Gasteiger partial charge in [0.15, 0.2) is 0 Å². The standard InChI is InChI=1S/C9H14ClN3S/c10-8-4-12-9(14-8)6-13-3-1-2-7(11)5-13/h4,7H,1-3,5-6,11H2. The summed E-state index contributed by atoms with van der Waals surface area (Å²) in [5.41, 5.74) is 5.90. The minimum absolute atomic E-state index is 0.333. The van der Waals surface area contributed by atoms with Crippen LogP contribution < -0.4 is 5.73 Å². The fraction of sp³-hybridized carbons (Fsp3) is 0.667. The van der Waals surface area contributed by atoms with Gasteiger partial charge in [-0.15, -0.1) is 11.3 Å². The number of aromatic nitrogens is 1. The Labute approximate surface area is 92.9 Å². The molecule has 14 heavy (non-hydrogen) atoms. The molecule has 1 fully saturated rings. The van der Waals surface area contributed by atoms with Gasteiger partial charge in [0.2, 0.25) is 0 Å². The fourth-order valence-electron chi connectivity index (χ4n) is 1.79. The van der Waals surface area contributed by atoms with Gasteiger partial charge in [0.25, 0.3) is 0 Å². The van der Waals surface area contributed by atoms with E-state index in [-0.39, 0.29) is 0 Å². The van der Waals surface area contributed by atoms with Crippen LogP contribution in [0.1, 0.15) is 17.8 Å². The second-order valence-electron chi connectivity index (χ2n) is 3.70. The molecule has 2 heterocycles. The van der Waals surface area contributed by atoms with E-state index in [1.54, 1.807) is 17.5 Å². The SMILES string of the molecule is NC1CCCN(Cc2ncc(Cl)s2)C1. The van der Waals surface area contributed by atoms with E-state index < -0.39 is 0 Å². The Morgan fingerprint density at radius 2 is 2.57 bits per heavy atom. The van der Waals surface area contributed by atoms with Gasteiger partial charge >= 0.3 is 0 Å². The molecule has 1 aromatic heterocycles. The maximum atomic E-state index is 5.90. The summed E-state index contributed by atoms with van der Waals surface area (Å²) in [7, 11) is 0. The summed E-state index contributed by atoms with van der Waals surface area (Å²) >= 11 is 7.37. The number of halogens is 1. The summed E-state index contributed by atoms with van der Waals surface area (Å²) in [5, 5.41) is 1.09. The highest BCUT2D eigenvalue weighted by molar-refractivity contribution is 7.15. The van der Waals surface area contributed by atoms with E-state index in [0.717, 1.165) is 35.4 Å². The van der Waals surface area contributed by atoms with Gasteiger partial charge in [0.1, 0.15) is 9.34 Å². The summed E-state index contributed by atoms with van der Waals surface area (Å²) in [6, 6.07) is 0.333. The van der Waals surface area contributed by atoms with Crippen LogP contribution in [0.25, 0.3) is 0 Å². The van der Waals surface area contributed by atoms with Crippen molar-refractivity contribution in [3.63, 3.8) is 0 Å². The lowest BCUT2D eigenvalue weighted by Crippen LogP contribution is -2.42. The summed E-state index contributed by atoms with van der Waals surface area (Å²) in [4.78, 5) is 6.59. The first kappa shape index (κ1) is 10.4. The smallest absolute Gasteiger partial charge is 0.113 e. The van der Waals surface area contributed by atoms with Crippen LogP contribution in [-0.4, -0.2) is 29.0 Å². The maximum absolute atomic E-state index is 5.90. The Hall–Kier alpha value is -0.160. The zero-order valence-corrected chi connectivity index (χ0v) is 9.52. The average Bonchev–Trinajstić information content (AvgIpc) is 2.51. The van der Waals surface area contributed by atoms with Crippen LogP contribution in [0.3, 0.4) is 0 Å². The third-order valence-electron chi connectivity index (χ3n) is 2.43. The molecule has 1 saturated heterocycles. The Bertz CT molecular complexity index is 302. The molecular weight excluding hydrogens is 218 g/mol. The Balaban J connectivity index is 1.90. The fourth-order valence-corrected chi connectivity index (χ4v) is 2.79. The molecule has 0 saturated carbocycles. The van der Waals surface area contributed by atoms with Gasteiger partial charge in [-0.2, -0.15) is 0 Å². The minimum atomic E-state index is 0.333. The van der Waals surface area contributed by atoms with Gasteiger partial charge in [-0.3, -0.25) is 4.90 Å². The van der Waals surface area contributed by atoms with Crippen molar-refractivity contribution < 1.29 is 0 Å². The van der Waals surface area contributed by atoms with Crippen molar-refractivity contribution in [2.24, 2.45) is 5.73 Å². The highest BCUT2D eigenvalue weighted by Crippen LogP contribution is 2.20. The minimum Gasteiger partial charge on any atom is -0.327 e. The van der Waals surface area contributed by atoms with Crippen molar-refractivity contribution in [2.75, 3.05) is 13.1 Å². The number of piperidine rings is 1. The van der Waals surface area contributed by atoms with Gasteiger partial charge in [0.05, 0.1) is 12.7 Å². The number of nitrogens with two attached hydrogens (primary N) is 1. The predicted molar refractivity (Wildman–Crippen MR) is 59.6 cm³/mol. The maximum Gasteiger partial charge on any atom is 0.113 e. The molecule has 1 atom stereocenters. The molecule has 1 aliphatic heterocycles. The third kappa shape index (κ3) is 2.67. The van der Waals surface area contributed by atoms with E-state index in [1.807, 2.05) is 0 Å². The Morgan fingerprint density at radius 1 is 1.71 bits per heavy atom. The van der Waals surface area contributed by atoms with Gasteiger partial charge in [-0.1, -0.05) is 11.6 Å². The summed E-state index contributed by atoms with van der Waals surface area (Å²) in [6.45, 7) is 3.01. The zero-order valence-electron chi connectivity index (χ0n) is 7.95. The molecule has 0 amide bonds. The zero-order chi connectivity index (χ0) is 9.97. The summed E-state index contributed by atoms with van der Waals surface area (Å²) in [6.07, 6.45) is 4.06. The van der Waals surface area contributed by atoms with Crippen LogP contribution in [0.4, 0.5) is 0 Å². The van der Waals surface area contributed by atoms with E-state index in [0.29, 0.717) is 6.04 Å². The van der Waals surface area contributed by atoms with Gasteiger partial charge in [0, 0.05) is 12.6 Å². The van der Waals surface area contributed by atoms with Gasteiger partial charge in [-0.05, 0) is 19.4 Å². The van der Waals surface area contributed by atoms with E-state index in [1.165, 1.54) is 6.42 Å². The molecule has 1 aromatic rings. The summed E-state index contributed by atoms with van der Waals surface area (Å²) < 4.78 is 0.765. The Morgan fingerprint density at radius 3 is 3.21 bits per heavy atom. The molecule has 1 unspecified atom stereocenters. The molecule has 0 bridgehead atoms. The van der Waals surface area contributed by atoms with Crippen molar-refractivity contribution in [3.05, 3.63) is 15.5 Å². The lowest BCUT2D eigenvalue weighted by molar-refractivity contribution is 0.201. The molecule has 0 aliphatic carbocycles. The van der Waals surface area contributed by atoms with E-state index in [4.69, 9.17) is 17.3 Å². The van der Waals surface area contributed by atoms with Crippen LogP contribution in [0, 0.1) is 0 Å². The molecule has 1 aliphatic rings. The van der Waals surface area contributed by atoms with Crippen LogP contribution in [0.5, 0.6) is 0 Å². The molecule has 5 heteroatoms. The monoisotopic (exact) mass is 231 g/mol. The van der Waals surface area contributed by atoms with E-state index >= 15 is 0 Å². The number of nitrogens with zero attached hydrogens (tertiary/aromatic N) is 2. The Kier molecular flexibility index (Phi) is 3.38. The van der Waals surface area contributed by atoms with Crippen molar-refractivity contribution in [1.29, 1.82) is 0 Å². The second kappa shape index (κ2) is 4.57. The van der Waals surface area contributed by atoms with Crippen LogP contribution in [0.15, 0.2) is 6.20 Å². The predicted octanol–water partition coefficient (Wildman–Crippen LogP) is 1.72. The molecule has 0 radical (unpaired) electrons. The highest BCUT2D eigenvalue weighted by Gasteiger charge is 2.17. The lowest BCUT2D eigenvalue weighted by atomic mass is 10.1. The molecule has 78 valence electrons. The third-order valence-corrected chi connectivity index (χ3v) is 3.53. The first-order chi connectivity index (χ1) is 6.74. The summed E-state index contributed by atoms with van der Waals surface area (Å²) in [5.74, 6) is 0. The van der Waals surface area contributed by atoms with Gasteiger partial charge in [-0.25, -0.2) is 4.98 Å². The quantitative estimate of drug-likeness (QED) is 0.843. The molecule has 2 N–H and O–H groups in total. The topological polar surface area (TPSA) is 42.1 Å². The van der Waals surface area contributed by atoms with Crippen molar-refractivity contribution in [1.82, 2.24) is 9.88 Å². The van der Waals surface area contributed by atoms with E-state index in [9.17, 15) is 0 Å². The lowest BCUT2D eigenvalue weighted by Gasteiger charge is -2.29.